The van der Waals surface area contributed by atoms with E-state index in [2.05, 4.69) is 79.7 Å². The Hall–Kier alpha value is -1.59. The van der Waals surface area contributed by atoms with Gasteiger partial charge in [0.1, 0.15) is 0 Å². The minimum atomic E-state index is 0.562. The average molecular weight is 550 g/mol. The molecule has 1 aliphatic rings. The van der Waals surface area contributed by atoms with Crippen LogP contribution >= 0.6 is 23.1 Å². The number of aromatic nitrogens is 3. The van der Waals surface area contributed by atoms with Gasteiger partial charge in [-0.15, -0.1) is 0 Å². The molecule has 0 aliphatic heterocycles. The second-order valence-corrected chi connectivity index (χ2v) is 9.92. The molecule has 0 bridgehead atoms. The van der Waals surface area contributed by atoms with Gasteiger partial charge in [0, 0.05) is 28.3 Å². The summed E-state index contributed by atoms with van der Waals surface area (Å²) in [5.74, 6) is 1.79. The molecule has 0 saturated heterocycles. The first-order valence-electron chi connectivity index (χ1n) is 14.7. The van der Waals surface area contributed by atoms with Crippen LogP contribution in [-0.2, 0) is 12.8 Å². The first-order chi connectivity index (χ1) is 17.9. The van der Waals surface area contributed by atoms with E-state index in [1.807, 2.05) is 67.0 Å². The fraction of sp³-hybridized carbons (Fsp3) is 0.656. The van der Waals surface area contributed by atoms with Gasteiger partial charge in [-0.05, 0) is 95.8 Å². The quantitative estimate of drug-likeness (QED) is 0.326. The fourth-order valence-corrected chi connectivity index (χ4v) is 4.22. The molecule has 0 amide bonds. The van der Waals surface area contributed by atoms with Crippen LogP contribution < -0.4 is 0 Å². The molecule has 1 aliphatic carbocycles. The predicted molar refractivity (Wildman–Crippen MR) is 173 cm³/mol. The second kappa shape index (κ2) is 27.4. The zero-order valence-corrected chi connectivity index (χ0v) is 28.3. The lowest BCUT2D eigenvalue weighted by Gasteiger charge is -2.16. The van der Waals surface area contributed by atoms with E-state index in [0.29, 0.717) is 17.8 Å². The van der Waals surface area contributed by atoms with Crippen LogP contribution in [0.2, 0.25) is 0 Å². The summed E-state index contributed by atoms with van der Waals surface area (Å²) in [6, 6.07) is 6.43. The number of hydrogen-bond acceptors (Lipinski definition) is 5. The highest BCUT2D eigenvalue weighted by atomic mass is 32.1. The molecule has 4 rings (SSSR count). The maximum Gasteiger partial charge on any atom is 0.0567 e. The van der Waals surface area contributed by atoms with Crippen LogP contribution in [0, 0.1) is 0 Å². The van der Waals surface area contributed by atoms with E-state index in [9.17, 15) is 0 Å². The lowest BCUT2D eigenvalue weighted by Crippen LogP contribution is -2.05. The van der Waals surface area contributed by atoms with Gasteiger partial charge in [0.05, 0.1) is 5.69 Å². The third-order valence-corrected chi connectivity index (χ3v) is 6.53. The van der Waals surface area contributed by atoms with E-state index in [-0.39, 0.29) is 0 Å². The summed E-state index contributed by atoms with van der Waals surface area (Å²) in [5, 5.41) is 2.01. The lowest BCUT2D eigenvalue weighted by atomic mass is 9.92. The molecule has 214 valence electrons. The SMILES string of the molecule is CC.CC.CC.CC.CC(C)c1cc2c(cn1)CCCC2.CC(C)c1ccns1.CC(C)c1ccsn1. The van der Waals surface area contributed by atoms with E-state index in [1.165, 1.54) is 59.0 Å². The van der Waals surface area contributed by atoms with Gasteiger partial charge in [-0.25, -0.2) is 4.37 Å². The summed E-state index contributed by atoms with van der Waals surface area (Å²) < 4.78 is 8.14. The van der Waals surface area contributed by atoms with Gasteiger partial charge in [0.2, 0.25) is 0 Å². The molecule has 3 nitrogen and oxygen atoms in total. The van der Waals surface area contributed by atoms with E-state index in [1.54, 1.807) is 17.1 Å². The van der Waals surface area contributed by atoms with E-state index in [4.69, 9.17) is 0 Å². The Balaban J connectivity index is -0.000000425. The molecule has 0 spiro atoms. The molecular weight excluding hydrogens is 491 g/mol. The molecule has 0 N–H and O–H groups in total. The van der Waals surface area contributed by atoms with E-state index < -0.39 is 0 Å². The molecule has 0 radical (unpaired) electrons. The average Bonchev–Trinajstić information content (AvgIpc) is 3.69. The van der Waals surface area contributed by atoms with Gasteiger partial charge in [0.25, 0.3) is 0 Å². The molecule has 5 heteroatoms. The topological polar surface area (TPSA) is 38.7 Å². The molecule has 0 aromatic carbocycles. The summed E-state index contributed by atoms with van der Waals surface area (Å²) in [7, 11) is 0. The largest absolute Gasteiger partial charge is 0.261 e. The van der Waals surface area contributed by atoms with Gasteiger partial charge in [-0.3, -0.25) is 4.98 Å². The Bertz CT molecular complexity index is 770. The van der Waals surface area contributed by atoms with E-state index in [0.717, 1.165) is 0 Å². The standard InChI is InChI=1S/C12H17N.2C6H9NS.4C2H6/c1-9(2)12-7-10-5-3-4-6-11(10)8-13-12;1-5(2)6-3-4-8-7-6;1-5(2)6-3-4-7-8-6;4*1-2/h7-9H,3-6H2,1-2H3;2*3-5H,1-2H3;4*1-2H3. The Kier molecular flexibility index (Phi) is 29.6. The smallest absolute Gasteiger partial charge is 0.0567 e. The van der Waals surface area contributed by atoms with Crippen molar-refractivity contribution in [2.75, 3.05) is 0 Å². The summed E-state index contributed by atoms with van der Waals surface area (Å²) in [5.41, 5.74) is 5.48. The third-order valence-electron chi connectivity index (χ3n) is 4.91. The number of pyridine rings is 1. The van der Waals surface area contributed by atoms with Gasteiger partial charge in [0.15, 0.2) is 0 Å². The Morgan fingerprint density at radius 2 is 1.22 bits per heavy atom. The molecule has 0 saturated carbocycles. The number of rotatable bonds is 3. The maximum absolute atomic E-state index is 4.49. The van der Waals surface area contributed by atoms with Crippen LogP contribution in [0.3, 0.4) is 0 Å². The van der Waals surface area contributed by atoms with Gasteiger partial charge >= 0.3 is 0 Å². The van der Waals surface area contributed by atoms with Crippen molar-refractivity contribution in [1.29, 1.82) is 0 Å². The highest BCUT2D eigenvalue weighted by molar-refractivity contribution is 7.05. The summed E-state index contributed by atoms with van der Waals surface area (Å²) >= 11 is 3.10. The molecule has 3 heterocycles. The van der Waals surface area contributed by atoms with Crippen LogP contribution in [0.4, 0.5) is 0 Å². The molecule has 0 unspecified atom stereocenters. The van der Waals surface area contributed by atoms with Gasteiger partial charge < -0.3 is 0 Å². The van der Waals surface area contributed by atoms with Crippen LogP contribution in [0.15, 0.2) is 36.0 Å². The first-order valence-corrected chi connectivity index (χ1v) is 16.3. The normalized spacial score (nSPS) is 10.7. The van der Waals surface area contributed by atoms with Crippen LogP contribution in [-0.4, -0.2) is 13.7 Å². The molecule has 3 aromatic rings. The highest BCUT2D eigenvalue weighted by Gasteiger charge is 2.11. The summed E-state index contributed by atoms with van der Waals surface area (Å²) in [6.45, 7) is 29.1. The maximum atomic E-state index is 4.49. The van der Waals surface area contributed by atoms with Crippen molar-refractivity contribution in [3.05, 3.63) is 63.4 Å². The first kappa shape index (κ1) is 39.9. The minimum Gasteiger partial charge on any atom is -0.261 e. The van der Waals surface area contributed by atoms with Crippen molar-refractivity contribution in [1.82, 2.24) is 13.7 Å². The predicted octanol–water partition coefficient (Wildman–Crippen LogP) is 11.7. The van der Waals surface area contributed by atoms with Gasteiger partial charge in [-0.2, -0.15) is 4.37 Å². The van der Waals surface area contributed by atoms with Crippen molar-refractivity contribution in [3.8, 4) is 0 Å². The minimum absolute atomic E-state index is 0.562. The van der Waals surface area contributed by atoms with E-state index >= 15 is 0 Å². The molecule has 37 heavy (non-hydrogen) atoms. The lowest BCUT2D eigenvalue weighted by molar-refractivity contribution is 0.675. The molecule has 0 atom stereocenters. The Morgan fingerprint density at radius 1 is 0.676 bits per heavy atom. The van der Waals surface area contributed by atoms with Crippen molar-refractivity contribution in [3.63, 3.8) is 0 Å². The number of nitrogens with zero attached hydrogens (tertiary/aromatic N) is 3. The van der Waals surface area contributed by atoms with Crippen molar-refractivity contribution >= 4 is 23.1 Å². The van der Waals surface area contributed by atoms with Crippen LogP contribution in [0.1, 0.15) is 155 Å². The number of aryl methyl sites for hydroxylation is 2. The Morgan fingerprint density at radius 3 is 1.57 bits per heavy atom. The zero-order chi connectivity index (χ0) is 29.2. The third kappa shape index (κ3) is 18.3. The highest BCUT2D eigenvalue weighted by Crippen LogP contribution is 2.23. The number of hydrogen-bond donors (Lipinski definition) is 0. The monoisotopic (exact) mass is 549 g/mol. The van der Waals surface area contributed by atoms with Crippen molar-refractivity contribution in [2.45, 2.75) is 140 Å². The van der Waals surface area contributed by atoms with Gasteiger partial charge in [-0.1, -0.05) is 96.9 Å². The fourth-order valence-electron chi connectivity index (χ4n) is 2.99. The molecule has 3 aromatic heterocycles. The summed E-state index contributed by atoms with van der Waals surface area (Å²) in [4.78, 5) is 5.86. The van der Waals surface area contributed by atoms with Crippen LogP contribution in [0.5, 0.6) is 0 Å². The van der Waals surface area contributed by atoms with Crippen molar-refractivity contribution in [2.24, 2.45) is 0 Å². The summed E-state index contributed by atoms with van der Waals surface area (Å²) in [6.07, 6.45) is 9.13. The Labute approximate surface area is 239 Å². The molecule has 0 fully saturated rings. The van der Waals surface area contributed by atoms with Crippen LogP contribution in [0.25, 0.3) is 0 Å². The zero-order valence-electron chi connectivity index (χ0n) is 26.7. The van der Waals surface area contributed by atoms with Crippen molar-refractivity contribution < 1.29 is 0 Å². The second-order valence-electron chi connectivity index (χ2n) is 8.39. The molecular formula is C32H59N3S2. The number of fused-ring (bicyclic) bond motifs is 1.